The number of anilines is 1. The van der Waals surface area contributed by atoms with Crippen LogP contribution in [0.1, 0.15) is 23.1 Å². The average molecular weight is 454 g/mol. The van der Waals surface area contributed by atoms with Crippen LogP contribution < -0.4 is 10.5 Å². The van der Waals surface area contributed by atoms with E-state index >= 15 is 0 Å². The molecule has 0 bridgehead atoms. The molecule has 1 aliphatic heterocycles. The zero-order chi connectivity index (χ0) is 20.9. The molecule has 7 nitrogen and oxygen atoms in total. The fourth-order valence-corrected chi connectivity index (χ4v) is 5.89. The van der Waals surface area contributed by atoms with Crippen LogP contribution in [0.2, 0.25) is 5.02 Å². The molecule has 3 aromatic heterocycles. The fraction of sp³-hybridized carbons (Fsp3) is 0.364. The molecular formula is C22H20ClN5O2S. The van der Waals surface area contributed by atoms with Crippen LogP contribution >= 0.6 is 22.9 Å². The summed E-state index contributed by atoms with van der Waals surface area (Å²) in [6.45, 7) is 3.43. The predicted octanol–water partition coefficient (Wildman–Crippen LogP) is 3.43. The molecule has 4 aromatic rings. The van der Waals surface area contributed by atoms with Crippen molar-refractivity contribution in [2.24, 2.45) is 0 Å². The van der Waals surface area contributed by atoms with E-state index in [-0.39, 0.29) is 5.56 Å². The molecule has 0 radical (unpaired) electrons. The van der Waals surface area contributed by atoms with Crippen molar-refractivity contribution < 1.29 is 4.74 Å². The lowest BCUT2D eigenvalue weighted by molar-refractivity contribution is 0.122. The summed E-state index contributed by atoms with van der Waals surface area (Å²) in [5.74, 6) is 1.05. The van der Waals surface area contributed by atoms with E-state index in [1.54, 1.807) is 0 Å². The molecule has 31 heavy (non-hydrogen) atoms. The number of hydrogen-bond acceptors (Lipinski definition) is 7. The number of benzene rings is 1. The SMILES string of the molecule is O=c1c2sc3nc(N4CCOCC4)c4c(c3c2nnn1Cc1ccccc1Cl)CCC4. The maximum Gasteiger partial charge on any atom is 0.288 e. The number of nitrogens with zero attached hydrogens (tertiary/aromatic N) is 5. The lowest BCUT2D eigenvalue weighted by Crippen LogP contribution is -2.37. The molecule has 0 spiro atoms. The molecular weight excluding hydrogens is 434 g/mol. The van der Waals surface area contributed by atoms with Crippen molar-refractivity contribution in [3.05, 3.63) is 56.3 Å². The summed E-state index contributed by atoms with van der Waals surface area (Å²) >= 11 is 7.70. The third-order valence-corrected chi connectivity index (χ3v) is 7.56. The number of rotatable bonds is 3. The monoisotopic (exact) mass is 453 g/mol. The van der Waals surface area contributed by atoms with E-state index in [1.165, 1.54) is 27.1 Å². The molecule has 4 heterocycles. The number of fused-ring (bicyclic) bond motifs is 5. The fourth-order valence-electron chi connectivity index (χ4n) is 4.62. The molecule has 1 saturated heterocycles. The molecule has 1 aliphatic carbocycles. The second kappa shape index (κ2) is 7.55. The molecule has 0 atom stereocenters. The van der Waals surface area contributed by atoms with Crippen LogP contribution in [0.15, 0.2) is 29.1 Å². The minimum absolute atomic E-state index is 0.146. The van der Waals surface area contributed by atoms with Gasteiger partial charge in [-0.05, 0) is 42.0 Å². The molecule has 1 fully saturated rings. The number of ether oxygens (including phenoxy) is 1. The van der Waals surface area contributed by atoms with E-state index < -0.39 is 0 Å². The second-order valence-electron chi connectivity index (χ2n) is 7.95. The van der Waals surface area contributed by atoms with Crippen molar-refractivity contribution >= 4 is 49.2 Å². The normalized spacial score (nSPS) is 16.4. The topological polar surface area (TPSA) is 73.1 Å². The highest BCUT2D eigenvalue weighted by Gasteiger charge is 2.27. The quantitative estimate of drug-likeness (QED) is 0.473. The van der Waals surface area contributed by atoms with Crippen molar-refractivity contribution in [1.29, 1.82) is 0 Å². The van der Waals surface area contributed by atoms with E-state index in [4.69, 9.17) is 21.3 Å². The first-order valence-electron chi connectivity index (χ1n) is 10.5. The Morgan fingerprint density at radius 3 is 2.77 bits per heavy atom. The number of hydrogen-bond donors (Lipinski definition) is 0. The highest BCUT2D eigenvalue weighted by Crippen LogP contribution is 2.41. The zero-order valence-electron chi connectivity index (χ0n) is 16.8. The zero-order valence-corrected chi connectivity index (χ0v) is 18.4. The molecule has 0 unspecified atom stereocenters. The molecule has 6 rings (SSSR count). The molecule has 0 amide bonds. The number of morpholine rings is 1. The van der Waals surface area contributed by atoms with Gasteiger partial charge in [-0.2, -0.15) is 0 Å². The van der Waals surface area contributed by atoms with E-state index in [1.807, 2.05) is 24.3 Å². The van der Waals surface area contributed by atoms with Gasteiger partial charge in [0.05, 0.1) is 19.8 Å². The lowest BCUT2D eigenvalue weighted by Gasteiger charge is -2.29. The van der Waals surface area contributed by atoms with Crippen molar-refractivity contribution in [3.63, 3.8) is 0 Å². The van der Waals surface area contributed by atoms with Crippen molar-refractivity contribution in [3.8, 4) is 0 Å². The van der Waals surface area contributed by atoms with Crippen LogP contribution in [0.5, 0.6) is 0 Å². The molecule has 0 saturated carbocycles. The number of pyridine rings is 1. The highest BCUT2D eigenvalue weighted by atomic mass is 35.5. The smallest absolute Gasteiger partial charge is 0.288 e. The maximum absolute atomic E-state index is 13.3. The van der Waals surface area contributed by atoms with Gasteiger partial charge in [-0.1, -0.05) is 35.0 Å². The Morgan fingerprint density at radius 2 is 1.94 bits per heavy atom. The Kier molecular flexibility index (Phi) is 4.66. The van der Waals surface area contributed by atoms with Gasteiger partial charge in [-0.25, -0.2) is 9.67 Å². The largest absolute Gasteiger partial charge is 0.378 e. The van der Waals surface area contributed by atoms with Crippen molar-refractivity contribution in [2.45, 2.75) is 25.8 Å². The second-order valence-corrected chi connectivity index (χ2v) is 9.36. The number of aryl methyl sites for hydroxylation is 1. The Balaban J connectivity index is 1.52. The number of aromatic nitrogens is 4. The van der Waals surface area contributed by atoms with E-state index in [0.29, 0.717) is 21.8 Å². The van der Waals surface area contributed by atoms with Crippen LogP contribution in [-0.2, 0) is 24.1 Å². The third-order valence-electron chi connectivity index (χ3n) is 6.13. The van der Waals surface area contributed by atoms with Crippen LogP contribution in [0, 0.1) is 0 Å². The average Bonchev–Trinajstić information content (AvgIpc) is 3.42. The van der Waals surface area contributed by atoms with Crippen LogP contribution in [0.25, 0.3) is 20.4 Å². The van der Waals surface area contributed by atoms with Gasteiger partial charge in [0, 0.05) is 23.5 Å². The van der Waals surface area contributed by atoms with Gasteiger partial charge in [0.15, 0.2) is 0 Å². The van der Waals surface area contributed by atoms with Gasteiger partial charge in [-0.3, -0.25) is 4.79 Å². The molecule has 0 N–H and O–H groups in total. The molecule has 9 heteroatoms. The Hall–Kier alpha value is -2.55. The summed E-state index contributed by atoms with van der Waals surface area (Å²) in [5, 5.41) is 10.4. The highest BCUT2D eigenvalue weighted by molar-refractivity contribution is 7.25. The van der Waals surface area contributed by atoms with Crippen LogP contribution in [-0.4, -0.2) is 46.3 Å². The summed E-state index contributed by atoms with van der Waals surface area (Å²) in [7, 11) is 0. The Labute approximate surface area is 187 Å². The first kappa shape index (κ1) is 19.2. The summed E-state index contributed by atoms with van der Waals surface area (Å²) in [6.07, 6.45) is 3.10. The summed E-state index contributed by atoms with van der Waals surface area (Å²) in [6, 6.07) is 7.48. The first-order valence-corrected chi connectivity index (χ1v) is 11.7. The summed E-state index contributed by atoms with van der Waals surface area (Å²) in [5.41, 5.74) is 3.97. The van der Waals surface area contributed by atoms with Gasteiger partial charge in [0.25, 0.3) is 5.56 Å². The molecule has 1 aromatic carbocycles. The Morgan fingerprint density at radius 1 is 1.13 bits per heavy atom. The van der Waals surface area contributed by atoms with Gasteiger partial charge < -0.3 is 9.64 Å². The summed E-state index contributed by atoms with van der Waals surface area (Å²) in [4.78, 5) is 21.5. The van der Waals surface area contributed by atoms with E-state index in [9.17, 15) is 4.79 Å². The third kappa shape index (κ3) is 3.12. The molecule has 2 aliphatic rings. The minimum atomic E-state index is -0.146. The molecule has 158 valence electrons. The lowest BCUT2D eigenvalue weighted by atomic mass is 10.1. The number of thiophene rings is 1. The van der Waals surface area contributed by atoms with Gasteiger partial charge >= 0.3 is 0 Å². The standard InChI is InChI=1S/C22H20ClN5O2S/c23-16-7-2-1-4-13(16)12-28-22(29)19-18(25-26-28)17-14-5-3-6-15(14)20(24-21(17)31-19)27-8-10-30-11-9-27/h1-2,4,7H,3,5-6,8-12H2. The van der Waals surface area contributed by atoms with Gasteiger partial charge in [0.1, 0.15) is 20.9 Å². The van der Waals surface area contributed by atoms with Gasteiger partial charge in [0.2, 0.25) is 0 Å². The van der Waals surface area contributed by atoms with E-state index in [2.05, 4.69) is 15.2 Å². The maximum atomic E-state index is 13.3. The minimum Gasteiger partial charge on any atom is -0.378 e. The Bertz CT molecular complexity index is 1380. The van der Waals surface area contributed by atoms with Crippen LogP contribution in [0.3, 0.4) is 0 Å². The summed E-state index contributed by atoms with van der Waals surface area (Å²) < 4.78 is 7.52. The van der Waals surface area contributed by atoms with Crippen LogP contribution in [0.4, 0.5) is 5.82 Å². The van der Waals surface area contributed by atoms with Crippen molar-refractivity contribution in [1.82, 2.24) is 20.0 Å². The van der Waals surface area contributed by atoms with E-state index in [0.717, 1.165) is 67.2 Å². The predicted molar refractivity (Wildman–Crippen MR) is 123 cm³/mol. The van der Waals surface area contributed by atoms with Crippen molar-refractivity contribution in [2.75, 3.05) is 31.2 Å². The first-order chi connectivity index (χ1) is 15.2. The van der Waals surface area contributed by atoms with Gasteiger partial charge in [-0.15, -0.1) is 16.4 Å². The number of halogens is 1.